The van der Waals surface area contributed by atoms with Crippen molar-refractivity contribution >= 4 is 5.96 Å². The van der Waals surface area contributed by atoms with Crippen LogP contribution in [-0.4, -0.2) is 25.1 Å². The maximum Gasteiger partial charge on any atom is 0.191 e. The normalized spacial score (nSPS) is 24.8. The summed E-state index contributed by atoms with van der Waals surface area (Å²) in [5.41, 5.74) is 0.202. The Labute approximate surface area is 123 Å². The van der Waals surface area contributed by atoms with E-state index in [1.807, 2.05) is 6.92 Å². The number of guanidine groups is 1. The number of hydrogen-bond acceptors (Lipinski definition) is 1. The van der Waals surface area contributed by atoms with Crippen molar-refractivity contribution in [3.63, 3.8) is 0 Å². The third kappa shape index (κ3) is 3.52. The summed E-state index contributed by atoms with van der Waals surface area (Å²) < 4.78 is 27.5. The Morgan fingerprint density at radius 1 is 1.29 bits per heavy atom. The first-order chi connectivity index (χ1) is 10.2. The molecule has 0 bridgehead atoms. The molecular weight excluding hydrogens is 272 g/mol. The Kier molecular flexibility index (Phi) is 4.08. The van der Waals surface area contributed by atoms with Gasteiger partial charge in [0.1, 0.15) is 11.6 Å². The standard InChI is InChI=1S/C16H21F2N3/c1-2-19-16(20-9-10-6-7-10)21-14-8-11(14)15-12(17)4-3-5-13(15)18/h3-5,10-11,14H,2,6-9H2,1H3,(H2,19,20,21). The second kappa shape index (κ2) is 6.00. The van der Waals surface area contributed by atoms with Crippen LogP contribution >= 0.6 is 0 Å². The van der Waals surface area contributed by atoms with E-state index in [0.29, 0.717) is 0 Å². The quantitative estimate of drug-likeness (QED) is 0.647. The molecule has 0 aliphatic heterocycles. The first kappa shape index (κ1) is 14.3. The fourth-order valence-corrected chi connectivity index (χ4v) is 2.55. The molecule has 2 aliphatic carbocycles. The molecule has 2 N–H and O–H groups in total. The number of benzene rings is 1. The fraction of sp³-hybridized carbons (Fsp3) is 0.562. The van der Waals surface area contributed by atoms with E-state index >= 15 is 0 Å². The highest BCUT2D eigenvalue weighted by molar-refractivity contribution is 5.80. The smallest absolute Gasteiger partial charge is 0.191 e. The van der Waals surface area contributed by atoms with Gasteiger partial charge >= 0.3 is 0 Å². The van der Waals surface area contributed by atoms with Gasteiger partial charge < -0.3 is 10.6 Å². The molecule has 2 atom stereocenters. The second-order valence-electron chi connectivity index (χ2n) is 5.89. The number of nitrogens with zero attached hydrogens (tertiary/aromatic N) is 1. The van der Waals surface area contributed by atoms with Gasteiger partial charge in [-0.05, 0) is 44.2 Å². The summed E-state index contributed by atoms with van der Waals surface area (Å²) in [5, 5.41) is 6.47. The minimum atomic E-state index is -0.454. The Morgan fingerprint density at radius 2 is 2.00 bits per heavy atom. The molecule has 3 nitrogen and oxygen atoms in total. The van der Waals surface area contributed by atoms with Crippen molar-refractivity contribution in [2.45, 2.75) is 38.1 Å². The van der Waals surface area contributed by atoms with Crippen LogP contribution in [0.1, 0.15) is 37.7 Å². The van der Waals surface area contributed by atoms with Gasteiger partial charge in [0.05, 0.1) is 0 Å². The maximum absolute atomic E-state index is 13.7. The van der Waals surface area contributed by atoms with Crippen LogP contribution < -0.4 is 10.6 Å². The lowest BCUT2D eigenvalue weighted by atomic mass is 10.1. The van der Waals surface area contributed by atoms with Crippen LogP contribution in [0.5, 0.6) is 0 Å². The number of hydrogen-bond donors (Lipinski definition) is 2. The molecule has 114 valence electrons. The van der Waals surface area contributed by atoms with Gasteiger partial charge in [-0.2, -0.15) is 0 Å². The van der Waals surface area contributed by atoms with Crippen molar-refractivity contribution in [3.05, 3.63) is 35.4 Å². The Hall–Kier alpha value is -1.65. The van der Waals surface area contributed by atoms with Crippen molar-refractivity contribution in [2.75, 3.05) is 13.1 Å². The summed E-state index contributed by atoms with van der Waals surface area (Å²) in [5.74, 6) is 0.470. The lowest BCUT2D eigenvalue weighted by molar-refractivity contribution is 0.553. The van der Waals surface area contributed by atoms with Gasteiger partial charge in [0, 0.05) is 30.6 Å². The molecule has 2 fully saturated rings. The third-order valence-electron chi connectivity index (χ3n) is 4.03. The van der Waals surface area contributed by atoms with E-state index in [2.05, 4.69) is 15.6 Å². The third-order valence-corrected chi connectivity index (χ3v) is 4.03. The molecule has 0 spiro atoms. The molecule has 2 aliphatic rings. The average molecular weight is 293 g/mol. The van der Waals surface area contributed by atoms with Crippen molar-refractivity contribution < 1.29 is 8.78 Å². The summed E-state index contributed by atoms with van der Waals surface area (Å²) in [4.78, 5) is 4.54. The van der Waals surface area contributed by atoms with Gasteiger partial charge in [-0.25, -0.2) is 8.78 Å². The molecule has 3 rings (SSSR count). The van der Waals surface area contributed by atoms with Crippen LogP contribution in [0.2, 0.25) is 0 Å². The number of aliphatic imine (C=N–C) groups is 1. The minimum Gasteiger partial charge on any atom is -0.357 e. The number of nitrogens with one attached hydrogen (secondary N) is 2. The van der Waals surface area contributed by atoms with E-state index in [-0.39, 0.29) is 17.5 Å². The first-order valence-electron chi connectivity index (χ1n) is 7.67. The van der Waals surface area contributed by atoms with Crippen molar-refractivity contribution in [2.24, 2.45) is 10.9 Å². The lowest BCUT2D eigenvalue weighted by Gasteiger charge is -2.11. The van der Waals surface area contributed by atoms with Crippen molar-refractivity contribution in [1.82, 2.24) is 10.6 Å². The minimum absolute atomic E-state index is 0.0633. The zero-order chi connectivity index (χ0) is 14.8. The average Bonchev–Trinajstić information content (AvgIpc) is 3.32. The lowest BCUT2D eigenvalue weighted by Crippen LogP contribution is -2.39. The molecule has 1 aromatic rings. The zero-order valence-electron chi connectivity index (χ0n) is 12.2. The molecule has 0 heterocycles. The Bertz CT molecular complexity index is 520. The monoisotopic (exact) mass is 293 g/mol. The van der Waals surface area contributed by atoms with Gasteiger partial charge in [-0.15, -0.1) is 0 Å². The highest BCUT2D eigenvalue weighted by Gasteiger charge is 2.42. The molecule has 0 saturated heterocycles. The maximum atomic E-state index is 13.7. The molecule has 5 heteroatoms. The predicted octanol–water partition coefficient (Wildman–Crippen LogP) is 2.79. The summed E-state index contributed by atoms with van der Waals surface area (Å²) >= 11 is 0. The highest BCUT2D eigenvalue weighted by atomic mass is 19.1. The van der Waals surface area contributed by atoms with Gasteiger partial charge in [0.25, 0.3) is 0 Å². The van der Waals surface area contributed by atoms with Crippen LogP contribution in [0.3, 0.4) is 0 Å². The fourth-order valence-electron chi connectivity index (χ4n) is 2.55. The SMILES string of the molecule is CCNC(=NCC1CC1)NC1CC1c1c(F)cccc1F. The first-order valence-corrected chi connectivity index (χ1v) is 7.67. The second-order valence-corrected chi connectivity index (χ2v) is 5.89. The molecule has 21 heavy (non-hydrogen) atoms. The van der Waals surface area contributed by atoms with Crippen LogP contribution in [0.4, 0.5) is 8.78 Å². The molecule has 2 unspecified atom stereocenters. The summed E-state index contributed by atoms with van der Waals surface area (Å²) in [6, 6.07) is 4.11. The molecule has 2 saturated carbocycles. The van der Waals surface area contributed by atoms with E-state index < -0.39 is 11.6 Å². The van der Waals surface area contributed by atoms with Crippen LogP contribution in [0.25, 0.3) is 0 Å². The Morgan fingerprint density at radius 3 is 2.62 bits per heavy atom. The summed E-state index contributed by atoms with van der Waals surface area (Å²) in [7, 11) is 0. The largest absolute Gasteiger partial charge is 0.357 e. The van der Waals surface area contributed by atoms with Crippen molar-refractivity contribution in [3.8, 4) is 0 Å². The highest BCUT2D eigenvalue weighted by Crippen LogP contribution is 2.43. The van der Waals surface area contributed by atoms with E-state index in [9.17, 15) is 8.78 Å². The molecule has 0 radical (unpaired) electrons. The molecule has 1 aromatic carbocycles. The van der Waals surface area contributed by atoms with Crippen LogP contribution in [-0.2, 0) is 0 Å². The molecular formula is C16H21F2N3. The van der Waals surface area contributed by atoms with E-state index in [1.54, 1.807) is 0 Å². The number of halogens is 2. The predicted molar refractivity (Wildman–Crippen MR) is 79.3 cm³/mol. The van der Waals surface area contributed by atoms with Gasteiger partial charge in [0.2, 0.25) is 0 Å². The summed E-state index contributed by atoms with van der Waals surface area (Å²) in [6.45, 7) is 3.62. The van der Waals surface area contributed by atoms with E-state index in [0.717, 1.165) is 31.4 Å². The summed E-state index contributed by atoms with van der Waals surface area (Å²) in [6.07, 6.45) is 3.26. The zero-order valence-corrected chi connectivity index (χ0v) is 12.2. The van der Waals surface area contributed by atoms with Gasteiger partial charge in [0.15, 0.2) is 5.96 Å². The van der Waals surface area contributed by atoms with Gasteiger partial charge in [-0.1, -0.05) is 6.07 Å². The Balaban J connectivity index is 1.62. The molecule has 0 aromatic heterocycles. The van der Waals surface area contributed by atoms with Crippen molar-refractivity contribution in [1.29, 1.82) is 0 Å². The van der Waals surface area contributed by atoms with E-state index in [1.165, 1.54) is 31.0 Å². The van der Waals surface area contributed by atoms with E-state index in [4.69, 9.17) is 0 Å². The van der Waals surface area contributed by atoms with Crippen LogP contribution in [0, 0.1) is 17.6 Å². The van der Waals surface area contributed by atoms with Gasteiger partial charge in [-0.3, -0.25) is 4.99 Å². The van der Waals surface area contributed by atoms with Crippen LogP contribution in [0.15, 0.2) is 23.2 Å². The molecule has 0 amide bonds. The number of rotatable bonds is 5. The topological polar surface area (TPSA) is 36.4 Å².